The summed E-state index contributed by atoms with van der Waals surface area (Å²) in [7, 11) is -5.81. The van der Waals surface area contributed by atoms with E-state index in [0.29, 0.717) is 12.1 Å². The number of esters is 2. The number of nitrogens with zero attached hydrogens (tertiary/aromatic N) is 1. The second kappa shape index (κ2) is 12.1. The van der Waals surface area contributed by atoms with Gasteiger partial charge in [-0.1, -0.05) is 30.3 Å². The monoisotopic (exact) mass is 585 g/mol. The lowest BCUT2D eigenvalue weighted by Crippen LogP contribution is -2.46. The average Bonchev–Trinajstić information content (AvgIpc) is 2.86. The van der Waals surface area contributed by atoms with Crippen molar-refractivity contribution in [3.05, 3.63) is 71.8 Å². The van der Waals surface area contributed by atoms with E-state index < -0.39 is 52.1 Å². The first-order valence-corrected chi connectivity index (χ1v) is 13.2. The van der Waals surface area contributed by atoms with Gasteiger partial charge in [0.05, 0.1) is 12.5 Å². The van der Waals surface area contributed by atoms with Crippen LogP contribution in [0.5, 0.6) is 5.75 Å². The van der Waals surface area contributed by atoms with E-state index >= 15 is 0 Å². The Morgan fingerprint density at radius 1 is 1.00 bits per heavy atom. The van der Waals surface area contributed by atoms with Crippen LogP contribution in [0, 0.1) is 0 Å². The summed E-state index contributed by atoms with van der Waals surface area (Å²) in [5.74, 6) is -1.98. The summed E-state index contributed by atoms with van der Waals surface area (Å²) >= 11 is 0. The molecule has 2 aromatic carbocycles. The number of anilines is 1. The smallest absolute Gasteiger partial charge is 0.462 e. The van der Waals surface area contributed by atoms with Crippen molar-refractivity contribution in [2.75, 3.05) is 18.1 Å². The van der Waals surface area contributed by atoms with E-state index in [4.69, 9.17) is 9.47 Å². The number of ether oxygens (including phenoxy) is 2. The molecule has 3 rings (SSSR count). The molecule has 1 unspecified atom stereocenters. The third kappa shape index (κ3) is 7.82. The topological polar surface area (TPSA) is 137 Å². The van der Waals surface area contributed by atoms with Gasteiger partial charge >= 0.3 is 27.6 Å². The molecule has 40 heavy (non-hydrogen) atoms. The third-order valence-corrected chi connectivity index (χ3v) is 6.73. The second-order valence-corrected chi connectivity index (χ2v) is 10.5. The maximum absolute atomic E-state index is 12.5. The van der Waals surface area contributed by atoms with Crippen molar-refractivity contribution in [1.82, 2.24) is 0 Å². The molecular weight excluding hydrogens is 559 g/mol. The van der Waals surface area contributed by atoms with Gasteiger partial charge in [-0.05, 0) is 47.9 Å². The van der Waals surface area contributed by atoms with E-state index in [-0.39, 0.29) is 18.4 Å². The quantitative estimate of drug-likeness (QED) is 0.138. The average molecular weight is 586 g/mol. The Morgan fingerprint density at radius 2 is 1.55 bits per heavy atom. The molecule has 216 valence electrons. The van der Waals surface area contributed by atoms with Gasteiger partial charge in [0.2, 0.25) is 5.91 Å². The molecule has 0 aromatic heterocycles. The molecule has 0 aliphatic carbocycles. The number of carbonyl (C=O) groups excluding carboxylic acids is 3. The van der Waals surface area contributed by atoms with Crippen LogP contribution >= 0.6 is 0 Å². The first-order valence-electron chi connectivity index (χ1n) is 11.8. The van der Waals surface area contributed by atoms with Crippen LogP contribution in [0.15, 0.2) is 60.7 Å². The molecule has 1 aliphatic rings. The fourth-order valence-corrected chi connectivity index (χ4v) is 4.18. The maximum atomic E-state index is 12.5. The molecule has 0 saturated carbocycles. The first kappa shape index (κ1) is 30.6. The van der Waals surface area contributed by atoms with Crippen molar-refractivity contribution in [2.24, 2.45) is 0 Å². The number of β-lactam (4-membered cyclic amide) rings is 1. The summed E-state index contributed by atoms with van der Waals surface area (Å²) in [5.41, 5.74) is -5.30. The lowest BCUT2D eigenvalue weighted by molar-refractivity contribution is -0.155. The molecule has 1 N–H and O–H groups in total. The fourth-order valence-electron chi connectivity index (χ4n) is 3.72. The minimum Gasteiger partial charge on any atom is -0.462 e. The summed E-state index contributed by atoms with van der Waals surface area (Å²) in [6.07, 6.45) is 3.58. The molecule has 0 spiro atoms. The molecule has 1 fully saturated rings. The molecule has 1 atom stereocenters. The van der Waals surface area contributed by atoms with Gasteiger partial charge in [-0.2, -0.15) is 21.6 Å². The Hall–Kier alpha value is -3.91. The Balaban J connectivity index is 1.65. The van der Waals surface area contributed by atoms with Crippen molar-refractivity contribution < 1.29 is 54.7 Å². The van der Waals surface area contributed by atoms with Crippen LogP contribution in [-0.4, -0.2) is 55.7 Å². The highest BCUT2D eigenvalue weighted by Crippen LogP contribution is 2.39. The van der Waals surface area contributed by atoms with E-state index in [1.54, 1.807) is 30.3 Å². The van der Waals surface area contributed by atoms with Gasteiger partial charge in [0, 0.05) is 19.5 Å². The van der Waals surface area contributed by atoms with E-state index in [2.05, 4.69) is 4.18 Å². The van der Waals surface area contributed by atoms with E-state index in [9.17, 15) is 41.1 Å². The van der Waals surface area contributed by atoms with E-state index in [1.165, 1.54) is 37.0 Å². The van der Waals surface area contributed by atoms with Gasteiger partial charge in [0.1, 0.15) is 19.0 Å². The molecule has 0 bridgehead atoms. The molecule has 1 saturated heterocycles. The van der Waals surface area contributed by atoms with Crippen molar-refractivity contribution >= 4 is 33.7 Å². The van der Waals surface area contributed by atoms with Crippen LogP contribution in [0.25, 0.3) is 0 Å². The molecule has 1 amide bonds. The van der Waals surface area contributed by atoms with Crippen LogP contribution in [-0.2, 0) is 40.4 Å². The number of rotatable bonds is 11. The van der Waals surface area contributed by atoms with Crippen LogP contribution in [0.1, 0.15) is 37.4 Å². The first-order chi connectivity index (χ1) is 18.6. The highest BCUT2D eigenvalue weighted by molar-refractivity contribution is 7.88. The number of allylic oxidation sites excluding steroid dienone is 1. The zero-order valence-corrected chi connectivity index (χ0v) is 22.2. The van der Waals surface area contributed by atoms with Crippen molar-refractivity contribution in [3.8, 4) is 5.75 Å². The normalized spacial score (nSPS) is 16.0. The fraction of sp³-hybridized carbons (Fsp3) is 0.346. The Morgan fingerprint density at radius 3 is 2.02 bits per heavy atom. The standard InChI is InChI=1S/C26H26F3NO9S/c1-17(31)37-15-25(34,16-38-18(2)32)13-3-4-19-5-7-20(8-6-19)23-14-24(33)30(23)21-9-11-22(12-10-21)39-40(35,36)26(27,28)29/h3,5-13,23,34H,4,14-16H2,1-2H3/b13-3+. The van der Waals surface area contributed by atoms with Gasteiger partial charge in [-0.3, -0.25) is 14.4 Å². The molecule has 1 heterocycles. The SMILES string of the molecule is CC(=O)OCC(O)(/C=C/Cc1ccc(C2CC(=O)N2c2ccc(OS(=O)(=O)C(F)(F)F)cc2)cc1)COC(C)=O. The number of carbonyl (C=O) groups is 3. The van der Waals surface area contributed by atoms with Crippen LogP contribution < -0.4 is 9.08 Å². The van der Waals surface area contributed by atoms with Crippen LogP contribution in [0.2, 0.25) is 0 Å². The third-order valence-electron chi connectivity index (χ3n) is 5.75. The van der Waals surface area contributed by atoms with Crippen molar-refractivity contribution in [1.29, 1.82) is 0 Å². The zero-order chi connectivity index (χ0) is 29.7. The number of hydrogen-bond acceptors (Lipinski definition) is 9. The molecule has 14 heteroatoms. The number of amides is 1. The number of halogens is 3. The van der Waals surface area contributed by atoms with Gasteiger partial charge in [0.15, 0.2) is 5.60 Å². The molecule has 0 radical (unpaired) electrons. The number of benzene rings is 2. The van der Waals surface area contributed by atoms with Crippen LogP contribution in [0.3, 0.4) is 0 Å². The highest BCUT2D eigenvalue weighted by Gasteiger charge is 2.48. The summed E-state index contributed by atoms with van der Waals surface area (Å²) in [6, 6.07) is 11.5. The highest BCUT2D eigenvalue weighted by atomic mass is 32.2. The molecule has 10 nitrogen and oxygen atoms in total. The number of alkyl halides is 3. The summed E-state index contributed by atoms with van der Waals surface area (Å²) < 4.78 is 73.8. The van der Waals surface area contributed by atoms with Gasteiger partial charge < -0.3 is 23.7 Å². The van der Waals surface area contributed by atoms with E-state index in [1.807, 2.05) is 0 Å². The lowest BCUT2D eigenvalue weighted by Gasteiger charge is -2.40. The Labute approximate surface area is 228 Å². The Bertz CT molecular complexity index is 1350. The Kier molecular flexibility index (Phi) is 9.25. The van der Waals surface area contributed by atoms with Crippen molar-refractivity contribution in [2.45, 2.75) is 43.8 Å². The van der Waals surface area contributed by atoms with Crippen LogP contribution in [0.4, 0.5) is 18.9 Å². The maximum Gasteiger partial charge on any atom is 0.534 e. The predicted octanol–water partition coefficient (Wildman–Crippen LogP) is 3.35. The minimum absolute atomic E-state index is 0.194. The zero-order valence-electron chi connectivity index (χ0n) is 21.4. The van der Waals surface area contributed by atoms with Gasteiger partial charge in [-0.15, -0.1) is 0 Å². The number of hydrogen-bond donors (Lipinski definition) is 1. The lowest BCUT2D eigenvalue weighted by atomic mass is 9.92. The van der Waals surface area contributed by atoms with Gasteiger partial charge in [0.25, 0.3) is 0 Å². The molecule has 2 aromatic rings. The summed E-state index contributed by atoms with van der Waals surface area (Å²) in [4.78, 5) is 36.0. The minimum atomic E-state index is -5.81. The number of aliphatic hydroxyl groups is 1. The molecular formula is C26H26F3NO9S. The summed E-state index contributed by atoms with van der Waals surface area (Å²) in [5, 5.41) is 10.6. The second-order valence-electron chi connectivity index (χ2n) is 8.97. The largest absolute Gasteiger partial charge is 0.534 e. The van der Waals surface area contributed by atoms with Crippen molar-refractivity contribution in [3.63, 3.8) is 0 Å². The predicted molar refractivity (Wildman–Crippen MR) is 134 cm³/mol. The summed E-state index contributed by atoms with van der Waals surface area (Å²) in [6.45, 7) is 1.57. The molecule has 1 aliphatic heterocycles. The van der Waals surface area contributed by atoms with Gasteiger partial charge in [-0.25, -0.2) is 0 Å². The van der Waals surface area contributed by atoms with E-state index in [0.717, 1.165) is 23.3 Å².